The third-order valence-electron chi connectivity index (χ3n) is 10.5. The van der Waals surface area contributed by atoms with E-state index >= 15 is 0 Å². The maximum Gasteiger partial charge on any atom is 0.184 e. The zero-order valence-corrected chi connectivity index (χ0v) is 29.1. The Hall–Kier alpha value is -7.66. The highest BCUT2D eigenvalue weighted by atomic mass is 15.0. The van der Waals surface area contributed by atoms with Crippen LogP contribution in [0.1, 0.15) is 0 Å². The summed E-state index contributed by atoms with van der Waals surface area (Å²) in [6.07, 6.45) is 0. The van der Waals surface area contributed by atoms with Gasteiger partial charge in [-0.05, 0) is 88.0 Å². The van der Waals surface area contributed by atoms with Gasteiger partial charge in [-0.2, -0.15) is 0 Å². The van der Waals surface area contributed by atoms with Crippen molar-refractivity contribution in [3.8, 4) is 44.8 Å². The van der Waals surface area contributed by atoms with Gasteiger partial charge < -0.3 is 9.13 Å². The van der Waals surface area contributed by atoms with Gasteiger partial charge in [0.05, 0.1) is 35.2 Å². The van der Waals surface area contributed by atoms with Gasteiger partial charge in [-0.15, -0.1) is 0 Å². The van der Waals surface area contributed by atoms with Crippen LogP contribution in [0.2, 0.25) is 0 Å². The summed E-state index contributed by atoms with van der Waals surface area (Å²) < 4.78 is 4.63. The van der Waals surface area contributed by atoms with Crippen LogP contribution in [0.5, 0.6) is 0 Å². The predicted octanol–water partition coefficient (Wildman–Crippen LogP) is 14.0. The third-order valence-corrected chi connectivity index (χ3v) is 10.5. The Morgan fingerprint density at radius 2 is 0.870 bits per heavy atom. The first-order valence-electron chi connectivity index (χ1n) is 17.9. The van der Waals surface area contributed by atoms with Crippen LogP contribution in [0.4, 0.5) is 11.4 Å². The van der Waals surface area contributed by atoms with Crippen LogP contribution in [0.15, 0.2) is 182 Å². The lowest BCUT2D eigenvalue weighted by molar-refractivity contribution is 1.17. The number of hydrogen-bond donors (Lipinski definition) is 0. The lowest BCUT2D eigenvalue weighted by Crippen LogP contribution is -1.99. The van der Waals surface area contributed by atoms with E-state index in [-0.39, 0.29) is 0 Å². The minimum atomic E-state index is 0.453. The van der Waals surface area contributed by atoms with Crippen molar-refractivity contribution in [2.24, 2.45) is 0 Å². The van der Waals surface area contributed by atoms with Crippen LogP contribution < -0.4 is 0 Å². The van der Waals surface area contributed by atoms with Crippen molar-refractivity contribution < 1.29 is 0 Å². The summed E-state index contributed by atoms with van der Waals surface area (Å²) in [5, 5.41) is 4.46. The van der Waals surface area contributed by atoms with Crippen molar-refractivity contribution in [1.29, 1.82) is 0 Å². The minimum Gasteiger partial charge on any atom is -0.309 e. The summed E-state index contributed by atoms with van der Waals surface area (Å²) in [4.78, 5) is 7.96. The normalized spacial score (nSPS) is 11.3. The first-order chi connectivity index (χ1) is 26.7. The number of rotatable bonds is 5. The number of fused-ring (bicyclic) bond motifs is 6. The lowest BCUT2D eigenvalue weighted by Gasteiger charge is -2.17. The highest BCUT2D eigenvalue weighted by Crippen LogP contribution is 2.47. The summed E-state index contributed by atoms with van der Waals surface area (Å²) in [7, 11) is 0. The molecule has 0 atom stereocenters. The van der Waals surface area contributed by atoms with Gasteiger partial charge in [-0.1, -0.05) is 127 Å². The monoisotopic (exact) mass is 686 g/mol. The average Bonchev–Trinajstić information content (AvgIpc) is 3.76. The molecule has 0 aliphatic heterocycles. The van der Waals surface area contributed by atoms with Crippen molar-refractivity contribution in [2.45, 2.75) is 0 Å². The first kappa shape index (κ1) is 31.1. The second-order valence-electron chi connectivity index (χ2n) is 13.5. The second kappa shape index (κ2) is 12.5. The Morgan fingerprint density at radius 1 is 0.352 bits per heavy atom. The van der Waals surface area contributed by atoms with Gasteiger partial charge in [0.2, 0.25) is 0 Å². The molecule has 2 heterocycles. The molecule has 0 N–H and O–H groups in total. The van der Waals surface area contributed by atoms with Crippen molar-refractivity contribution in [3.63, 3.8) is 0 Å². The molecule has 0 amide bonds. The number of para-hydroxylation sites is 2. The van der Waals surface area contributed by atoms with Crippen LogP contribution in [0, 0.1) is 13.1 Å². The standard InChI is InChI=1S/C50H30N4/c1-51-44-22-14-23-45(52-2)49(44)43-32-38(31-42-39-21-12-13-24-46(39)54(50(42)43)37-19-10-5-11-20-37)53-47-27-25-35(33-15-6-3-7-16-33)29-40(47)41-30-36(26-28-48(41)53)34-17-8-4-9-18-34/h3-32H. The second-order valence-corrected chi connectivity index (χ2v) is 13.5. The molecule has 0 radical (unpaired) electrons. The van der Waals surface area contributed by atoms with E-state index in [4.69, 9.17) is 13.1 Å². The van der Waals surface area contributed by atoms with Crippen molar-refractivity contribution in [1.82, 2.24) is 9.13 Å². The van der Waals surface area contributed by atoms with E-state index in [1.54, 1.807) is 6.07 Å². The quantitative estimate of drug-likeness (QED) is 0.161. The minimum absolute atomic E-state index is 0.453. The van der Waals surface area contributed by atoms with Crippen molar-refractivity contribution in [2.75, 3.05) is 0 Å². The van der Waals surface area contributed by atoms with E-state index in [1.807, 2.05) is 42.5 Å². The highest BCUT2D eigenvalue weighted by Gasteiger charge is 2.23. The smallest absolute Gasteiger partial charge is 0.184 e. The summed E-state index contributed by atoms with van der Waals surface area (Å²) in [6, 6.07) is 63.3. The Balaban J connectivity index is 1.36. The molecule has 0 unspecified atom stereocenters. The molecule has 10 aromatic rings. The van der Waals surface area contributed by atoms with Gasteiger partial charge in [-0.25, -0.2) is 9.69 Å². The van der Waals surface area contributed by atoms with E-state index in [9.17, 15) is 0 Å². The lowest BCUT2D eigenvalue weighted by atomic mass is 9.97. The van der Waals surface area contributed by atoms with E-state index < -0.39 is 0 Å². The Labute approximate surface area is 312 Å². The average molecular weight is 687 g/mol. The van der Waals surface area contributed by atoms with E-state index in [2.05, 4.69) is 152 Å². The fourth-order valence-electron chi connectivity index (χ4n) is 8.16. The maximum atomic E-state index is 8.24. The topological polar surface area (TPSA) is 18.6 Å². The predicted molar refractivity (Wildman–Crippen MR) is 224 cm³/mol. The van der Waals surface area contributed by atoms with Gasteiger partial charge in [0.25, 0.3) is 0 Å². The van der Waals surface area contributed by atoms with Gasteiger partial charge in [0.15, 0.2) is 11.4 Å². The van der Waals surface area contributed by atoms with Crippen molar-refractivity contribution >= 4 is 55.0 Å². The van der Waals surface area contributed by atoms with E-state index in [0.717, 1.165) is 71.7 Å². The first-order valence-corrected chi connectivity index (χ1v) is 17.9. The number of benzene rings is 8. The van der Waals surface area contributed by atoms with Gasteiger partial charge >= 0.3 is 0 Å². The number of aromatic nitrogens is 2. The fraction of sp³-hybridized carbons (Fsp3) is 0. The van der Waals surface area contributed by atoms with Gasteiger partial charge in [0, 0.05) is 32.9 Å². The summed E-state index contributed by atoms with van der Waals surface area (Å²) >= 11 is 0. The fourth-order valence-corrected chi connectivity index (χ4v) is 8.16. The molecule has 0 bridgehead atoms. The Bertz CT molecular complexity index is 3030. The van der Waals surface area contributed by atoms with Crippen molar-refractivity contribution in [3.05, 3.63) is 205 Å². The van der Waals surface area contributed by atoms with Crippen LogP contribution in [0.25, 0.3) is 98.1 Å². The molecule has 8 aromatic carbocycles. The highest BCUT2D eigenvalue weighted by molar-refractivity contribution is 6.18. The third kappa shape index (κ3) is 4.83. The molecule has 0 saturated carbocycles. The molecule has 10 rings (SSSR count). The molecule has 0 aliphatic carbocycles. The van der Waals surface area contributed by atoms with Gasteiger partial charge in [0.1, 0.15) is 0 Å². The summed E-state index contributed by atoms with van der Waals surface area (Å²) in [5.74, 6) is 0. The number of hydrogen-bond acceptors (Lipinski definition) is 0. The molecule has 4 heteroatoms. The van der Waals surface area contributed by atoms with E-state index in [0.29, 0.717) is 16.9 Å². The zero-order valence-electron chi connectivity index (χ0n) is 29.1. The molecule has 2 aromatic heterocycles. The summed E-state index contributed by atoms with van der Waals surface area (Å²) in [6.45, 7) is 16.5. The van der Waals surface area contributed by atoms with Crippen LogP contribution in [-0.4, -0.2) is 9.13 Å². The van der Waals surface area contributed by atoms with Crippen LogP contribution in [-0.2, 0) is 0 Å². The molecule has 4 nitrogen and oxygen atoms in total. The molecule has 0 saturated heterocycles. The SMILES string of the molecule is [C-]#[N+]c1cccc([N+]#[C-])c1-c1cc(-n2c3ccc(-c4ccccc4)cc3c3cc(-c4ccccc4)ccc32)cc2c3ccccc3n(-c3ccccc3)c12. The Kier molecular flexibility index (Phi) is 7.22. The van der Waals surface area contributed by atoms with Crippen LogP contribution in [0.3, 0.4) is 0 Å². The molecular formula is C50H30N4. The van der Waals surface area contributed by atoms with E-state index in [1.165, 1.54) is 11.1 Å². The zero-order chi connectivity index (χ0) is 36.2. The van der Waals surface area contributed by atoms with Gasteiger partial charge in [-0.3, -0.25) is 0 Å². The Morgan fingerprint density at radius 3 is 1.44 bits per heavy atom. The maximum absolute atomic E-state index is 8.24. The number of nitrogens with zero attached hydrogens (tertiary/aromatic N) is 4. The molecule has 0 fully saturated rings. The molecule has 0 spiro atoms. The molecule has 54 heavy (non-hydrogen) atoms. The molecular weight excluding hydrogens is 657 g/mol. The largest absolute Gasteiger partial charge is 0.309 e. The van der Waals surface area contributed by atoms with Crippen LogP contribution >= 0.6 is 0 Å². The summed E-state index contributed by atoms with van der Waals surface area (Å²) in [5.41, 5.74) is 13.2. The molecule has 250 valence electrons. The molecule has 0 aliphatic rings.